The van der Waals surface area contributed by atoms with E-state index in [4.69, 9.17) is 4.74 Å². The number of carbonyl (C=O) groups is 1. The van der Waals surface area contributed by atoms with Gasteiger partial charge in [-0.15, -0.1) is 0 Å². The number of rotatable bonds is 4. The van der Waals surface area contributed by atoms with Gasteiger partial charge < -0.3 is 4.74 Å². The van der Waals surface area contributed by atoms with E-state index in [9.17, 15) is 14.9 Å². The molecule has 84 valence electrons. The molecule has 1 rings (SSSR count). The summed E-state index contributed by atoms with van der Waals surface area (Å²) in [5, 5.41) is 10.7. The second-order valence-corrected chi connectivity index (χ2v) is 3.52. The van der Waals surface area contributed by atoms with Crippen molar-refractivity contribution in [2.75, 3.05) is 6.61 Å². The first-order chi connectivity index (χ1) is 7.15. The summed E-state index contributed by atoms with van der Waals surface area (Å²) in [5.41, 5.74) is 0.175. The highest BCUT2D eigenvalue weighted by atomic mass is 16.6. The van der Waals surface area contributed by atoms with Crippen LogP contribution in [0.25, 0.3) is 0 Å². The Morgan fingerprint density at radius 2 is 2.47 bits per heavy atom. The highest BCUT2D eigenvalue weighted by molar-refractivity contribution is 5.70. The first-order valence-corrected chi connectivity index (χ1v) is 5.15. The molecule has 0 heterocycles. The predicted molar refractivity (Wildman–Crippen MR) is 53.7 cm³/mol. The molecule has 0 unspecified atom stereocenters. The van der Waals surface area contributed by atoms with Crippen LogP contribution < -0.4 is 0 Å². The Morgan fingerprint density at radius 3 is 3.07 bits per heavy atom. The quantitative estimate of drug-likeness (QED) is 0.406. The summed E-state index contributed by atoms with van der Waals surface area (Å²) in [6.07, 6.45) is 4.08. The molecule has 0 bridgehead atoms. The molecule has 0 aromatic rings. The minimum atomic E-state index is -0.386. The number of nitro groups is 1. The van der Waals surface area contributed by atoms with Crippen LogP contribution in [0.15, 0.2) is 11.8 Å². The highest BCUT2D eigenvalue weighted by Gasteiger charge is 2.29. The van der Waals surface area contributed by atoms with Crippen LogP contribution in [0.1, 0.15) is 32.6 Å². The van der Waals surface area contributed by atoms with Crippen molar-refractivity contribution in [1.29, 1.82) is 0 Å². The monoisotopic (exact) mass is 213 g/mol. The summed E-state index contributed by atoms with van der Waals surface area (Å²) in [6, 6.07) is 0. The van der Waals surface area contributed by atoms with Crippen LogP contribution in [0.5, 0.6) is 0 Å². The minimum absolute atomic E-state index is 0.126. The molecule has 0 saturated heterocycles. The second-order valence-electron chi connectivity index (χ2n) is 3.52. The number of hydrogen-bond donors (Lipinski definition) is 0. The van der Waals surface area contributed by atoms with E-state index in [1.807, 2.05) is 0 Å². The van der Waals surface area contributed by atoms with Gasteiger partial charge in [-0.05, 0) is 32.3 Å². The molecule has 1 atom stereocenters. The van der Waals surface area contributed by atoms with Crippen LogP contribution in [0.4, 0.5) is 0 Å². The maximum atomic E-state index is 11.2. The summed E-state index contributed by atoms with van der Waals surface area (Å²) >= 11 is 0. The van der Waals surface area contributed by atoms with Gasteiger partial charge in [0.05, 0.1) is 23.9 Å². The van der Waals surface area contributed by atoms with Gasteiger partial charge in [0.25, 0.3) is 0 Å². The third-order valence-electron chi connectivity index (χ3n) is 2.46. The van der Waals surface area contributed by atoms with Crippen LogP contribution in [0, 0.1) is 16.0 Å². The molecule has 0 N–H and O–H groups in total. The lowest BCUT2D eigenvalue weighted by molar-refractivity contribution is -0.435. The SMILES string of the molecule is CCOC(=O)C[C@H]1CCCC=C1[N+](=O)[O-]. The number of hydrogen-bond acceptors (Lipinski definition) is 4. The molecule has 0 aromatic heterocycles. The van der Waals surface area contributed by atoms with Crippen molar-refractivity contribution in [3.05, 3.63) is 21.9 Å². The Bertz CT molecular complexity index is 285. The van der Waals surface area contributed by atoms with Gasteiger partial charge in [0.2, 0.25) is 5.70 Å². The van der Waals surface area contributed by atoms with Gasteiger partial charge in [0.15, 0.2) is 0 Å². The summed E-state index contributed by atoms with van der Waals surface area (Å²) in [7, 11) is 0. The summed E-state index contributed by atoms with van der Waals surface area (Å²) in [4.78, 5) is 21.5. The molecule has 0 aromatic carbocycles. The van der Waals surface area contributed by atoms with Crippen LogP contribution in [-0.2, 0) is 9.53 Å². The minimum Gasteiger partial charge on any atom is -0.466 e. The van der Waals surface area contributed by atoms with Crippen LogP contribution in [0.2, 0.25) is 0 Å². The highest BCUT2D eigenvalue weighted by Crippen LogP contribution is 2.28. The summed E-state index contributed by atoms with van der Waals surface area (Å²) in [6.45, 7) is 2.05. The molecule has 15 heavy (non-hydrogen) atoms. The molecule has 5 nitrogen and oxygen atoms in total. The first-order valence-electron chi connectivity index (χ1n) is 5.15. The number of carbonyl (C=O) groups excluding carboxylic acids is 1. The molecule has 5 heteroatoms. The van der Waals surface area contributed by atoms with E-state index in [1.54, 1.807) is 13.0 Å². The molecule has 0 spiro atoms. The standard InChI is InChI=1S/C10H15NO4/c1-2-15-10(12)7-8-5-3-4-6-9(8)11(13)14/h6,8H,2-5,7H2,1H3/t8-/m1/s1. The number of nitrogens with zero attached hydrogens (tertiary/aromatic N) is 1. The third-order valence-corrected chi connectivity index (χ3v) is 2.46. The molecule has 0 amide bonds. The average Bonchev–Trinajstić information content (AvgIpc) is 2.18. The molecule has 0 fully saturated rings. The number of allylic oxidation sites excluding steroid dienone is 2. The van der Waals surface area contributed by atoms with E-state index in [0.29, 0.717) is 13.0 Å². The maximum Gasteiger partial charge on any atom is 0.306 e. The van der Waals surface area contributed by atoms with Gasteiger partial charge in [-0.3, -0.25) is 14.9 Å². The fourth-order valence-electron chi connectivity index (χ4n) is 1.78. The Morgan fingerprint density at radius 1 is 1.73 bits per heavy atom. The zero-order valence-corrected chi connectivity index (χ0v) is 8.77. The van der Waals surface area contributed by atoms with Gasteiger partial charge >= 0.3 is 5.97 Å². The van der Waals surface area contributed by atoms with E-state index in [-0.39, 0.29) is 28.9 Å². The third kappa shape index (κ3) is 3.34. The Hall–Kier alpha value is -1.39. The number of esters is 1. The lowest BCUT2D eigenvalue weighted by atomic mass is 9.90. The van der Waals surface area contributed by atoms with Crippen molar-refractivity contribution < 1.29 is 14.5 Å². The zero-order chi connectivity index (χ0) is 11.3. The normalized spacial score (nSPS) is 20.6. The first kappa shape index (κ1) is 11.7. The lowest BCUT2D eigenvalue weighted by Crippen LogP contribution is -2.20. The maximum absolute atomic E-state index is 11.2. The number of ether oxygens (including phenoxy) is 1. The van der Waals surface area contributed by atoms with Crippen molar-refractivity contribution in [2.45, 2.75) is 32.6 Å². The van der Waals surface area contributed by atoms with E-state index >= 15 is 0 Å². The van der Waals surface area contributed by atoms with E-state index < -0.39 is 0 Å². The molecule has 1 aliphatic rings. The molecular formula is C10H15NO4. The van der Waals surface area contributed by atoms with Crippen molar-refractivity contribution in [3.8, 4) is 0 Å². The lowest BCUT2D eigenvalue weighted by Gasteiger charge is -2.16. The largest absolute Gasteiger partial charge is 0.466 e. The van der Waals surface area contributed by atoms with Gasteiger partial charge in [-0.1, -0.05) is 0 Å². The molecule has 0 radical (unpaired) electrons. The van der Waals surface area contributed by atoms with E-state index in [2.05, 4.69) is 0 Å². The van der Waals surface area contributed by atoms with Gasteiger partial charge in [-0.2, -0.15) is 0 Å². The Balaban J connectivity index is 2.59. The molecular weight excluding hydrogens is 198 g/mol. The van der Waals surface area contributed by atoms with E-state index in [1.165, 1.54) is 0 Å². The van der Waals surface area contributed by atoms with Crippen LogP contribution in [0.3, 0.4) is 0 Å². The van der Waals surface area contributed by atoms with Crippen LogP contribution >= 0.6 is 0 Å². The van der Waals surface area contributed by atoms with Crippen molar-refractivity contribution in [2.24, 2.45) is 5.92 Å². The summed E-state index contributed by atoms with van der Waals surface area (Å²) < 4.78 is 4.78. The van der Waals surface area contributed by atoms with Crippen molar-refractivity contribution >= 4 is 5.97 Å². The van der Waals surface area contributed by atoms with Gasteiger partial charge in [0.1, 0.15) is 0 Å². The fraction of sp³-hybridized carbons (Fsp3) is 0.700. The smallest absolute Gasteiger partial charge is 0.306 e. The van der Waals surface area contributed by atoms with Crippen molar-refractivity contribution in [1.82, 2.24) is 0 Å². The molecule has 1 aliphatic carbocycles. The van der Waals surface area contributed by atoms with Gasteiger partial charge in [0, 0.05) is 0 Å². The zero-order valence-electron chi connectivity index (χ0n) is 8.77. The fourth-order valence-corrected chi connectivity index (χ4v) is 1.78. The Labute approximate surface area is 88.3 Å². The topological polar surface area (TPSA) is 69.4 Å². The van der Waals surface area contributed by atoms with Gasteiger partial charge in [-0.25, -0.2) is 0 Å². The predicted octanol–water partition coefficient (Wildman–Crippen LogP) is 1.90. The summed E-state index contributed by atoms with van der Waals surface area (Å²) in [5.74, 6) is -0.620. The Kier molecular flexibility index (Phi) is 4.27. The van der Waals surface area contributed by atoms with Crippen LogP contribution in [-0.4, -0.2) is 17.5 Å². The van der Waals surface area contributed by atoms with Crippen molar-refractivity contribution in [3.63, 3.8) is 0 Å². The second kappa shape index (κ2) is 5.48. The average molecular weight is 213 g/mol. The molecule has 0 saturated carbocycles. The molecule has 0 aliphatic heterocycles. The van der Waals surface area contributed by atoms with E-state index in [0.717, 1.165) is 12.8 Å².